The number of rotatable bonds is 5. The molecule has 6 heteroatoms. The van der Waals surface area contributed by atoms with Gasteiger partial charge in [-0.1, -0.05) is 32.9 Å². The van der Waals surface area contributed by atoms with E-state index in [0.717, 1.165) is 57.3 Å². The summed E-state index contributed by atoms with van der Waals surface area (Å²) >= 11 is 1.91. The Balaban J connectivity index is 1.40. The van der Waals surface area contributed by atoms with Gasteiger partial charge in [0.15, 0.2) is 0 Å². The van der Waals surface area contributed by atoms with Crippen molar-refractivity contribution in [3.05, 3.63) is 51.9 Å². The van der Waals surface area contributed by atoms with Crippen LogP contribution in [0, 0.1) is 17.7 Å². The molecule has 0 unspecified atom stereocenters. The molecule has 0 saturated carbocycles. The van der Waals surface area contributed by atoms with Crippen molar-refractivity contribution in [2.75, 3.05) is 31.1 Å². The molecule has 0 spiro atoms. The number of aromatic nitrogens is 2. The molecule has 1 atom stereocenters. The van der Waals surface area contributed by atoms with E-state index in [4.69, 9.17) is 9.97 Å². The number of anilines is 1. The number of aryl methyl sites for hydroxylation is 1. The molecule has 2 aliphatic rings. The molecular weight excluding hydrogens is 419 g/mol. The molecule has 1 aromatic carbocycles. The number of nitrogens with zero attached hydrogens (tertiary/aromatic N) is 4. The largest absolute Gasteiger partial charge is 0.353 e. The quantitative estimate of drug-likeness (QED) is 0.513. The molecule has 1 saturated heterocycles. The zero-order valence-corrected chi connectivity index (χ0v) is 20.2. The molecule has 170 valence electrons. The van der Waals surface area contributed by atoms with Gasteiger partial charge in [0.2, 0.25) is 0 Å². The predicted molar refractivity (Wildman–Crippen MR) is 131 cm³/mol. The molecule has 3 aromatic rings. The molecule has 3 heterocycles. The van der Waals surface area contributed by atoms with Crippen molar-refractivity contribution in [1.29, 1.82) is 0 Å². The number of hydrogen-bond acceptors (Lipinski definition) is 5. The number of hydrogen-bond donors (Lipinski definition) is 0. The first-order valence-corrected chi connectivity index (χ1v) is 12.8. The summed E-state index contributed by atoms with van der Waals surface area (Å²) in [5.74, 6) is 3.29. The first-order chi connectivity index (χ1) is 15.5. The lowest BCUT2D eigenvalue weighted by Crippen LogP contribution is -2.46. The van der Waals surface area contributed by atoms with Gasteiger partial charge in [-0.05, 0) is 54.4 Å². The van der Waals surface area contributed by atoms with Crippen molar-refractivity contribution in [3.8, 4) is 0 Å². The summed E-state index contributed by atoms with van der Waals surface area (Å²) in [4.78, 5) is 17.8. The summed E-state index contributed by atoms with van der Waals surface area (Å²) in [6, 6.07) is 6.90. The molecule has 0 bridgehead atoms. The average Bonchev–Trinajstić information content (AvgIpc) is 3.12. The topological polar surface area (TPSA) is 32.3 Å². The number of piperazine rings is 1. The third-order valence-electron chi connectivity index (χ3n) is 6.76. The summed E-state index contributed by atoms with van der Waals surface area (Å²) in [5.41, 5.74) is 2.69. The Morgan fingerprint density at radius 2 is 1.84 bits per heavy atom. The highest BCUT2D eigenvalue weighted by atomic mass is 32.1. The monoisotopic (exact) mass is 452 g/mol. The van der Waals surface area contributed by atoms with Gasteiger partial charge in [-0.2, -0.15) is 0 Å². The van der Waals surface area contributed by atoms with Gasteiger partial charge in [-0.25, -0.2) is 14.4 Å². The van der Waals surface area contributed by atoms with Crippen LogP contribution in [0.15, 0.2) is 24.3 Å². The normalized spacial score (nSPS) is 19.7. The van der Waals surface area contributed by atoms with E-state index in [1.807, 2.05) is 23.5 Å². The molecule has 0 amide bonds. The summed E-state index contributed by atoms with van der Waals surface area (Å²) < 4.78 is 13.2. The minimum atomic E-state index is -0.169. The number of halogens is 1. The van der Waals surface area contributed by atoms with E-state index in [2.05, 4.69) is 30.6 Å². The van der Waals surface area contributed by atoms with Crippen molar-refractivity contribution < 1.29 is 4.39 Å². The number of fused-ring (bicyclic) bond motifs is 3. The standard InChI is InChI=1S/C26H33FN4S/c1-17(2)14-23-28-25(24-21-9-4-18(3)15-22(21)32-26(24)29-23)31-12-10-30(11-13-31)16-19-5-7-20(27)8-6-19/h5-8,17-18H,4,9-16H2,1-3H3/t18-/m0/s1. The van der Waals surface area contributed by atoms with Crippen LogP contribution in [0.1, 0.15) is 49.0 Å². The second-order valence-corrected chi connectivity index (χ2v) is 11.1. The summed E-state index contributed by atoms with van der Waals surface area (Å²) in [6.45, 7) is 11.6. The third kappa shape index (κ3) is 4.53. The van der Waals surface area contributed by atoms with Gasteiger partial charge >= 0.3 is 0 Å². The Bertz CT molecular complexity index is 1080. The van der Waals surface area contributed by atoms with Gasteiger partial charge in [-0.3, -0.25) is 4.90 Å². The zero-order chi connectivity index (χ0) is 22.2. The fraction of sp³-hybridized carbons (Fsp3) is 0.538. The van der Waals surface area contributed by atoms with Crippen LogP contribution in [-0.4, -0.2) is 41.0 Å². The van der Waals surface area contributed by atoms with E-state index in [1.165, 1.54) is 44.9 Å². The third-order valence-corrected chi connectivity index (χ3v) is 7.91. The lowest BCUT2D eigenvalue weighted by Gasteiger charge is -2.36. The van der Waals surface area contributed by atoms with E-state index in [0.29, 0.717) is 5.92 Å². The van der Waals surface area contributed by atoms with Crippen molar-refractivity contribution in [2.24, 2.45) is 11.8 Å². The molecule has 4 nitrogen and oxygen atoms in total. The molecule has 1 fully saturated rings. The molecule has 0 radical (unpaired) electrons. The Hall–Kier alpha value is -2.05. The van der Waals surface area contributed by atoms with Gasteiger partial charge in [-0.15, -0.1) is 11.3 Å². The fourth-order valence-corrected chi connectivity index (χ4v) is 6.41. The zero-order valence-electron chi connectivity index (χ0n) is 19.4. The SMILES string of the molecule is CC(C)Cc1nc(N2CCN(Cc3ccc(F)cc3)CC2)c2c3c(sc2n1)C[C@@H](C)CC3. The van der Waals surface area contributed by atoms with Crippen LogP contribution < -0.4 is 4.90 Å². The minimum absolute atomic E-state index is 0.169. The van der Waals surface area contributed by atoms with E-state index >= 15 is 0 Å². The summed E-state index contributed by atoms with van der Waals surface area (Å²) in [5, 5.41) is 1.33. The molecule has 5 rings (SSSR count). The van der Waals surface area contributed by atoms with E-state index in [-0.39, 0.29) is 5.82 Å². The minimum Gasteiger partial charge on any atom is -0.353 e. The van der Waals surface area contributed by atoms with Crippen molar-refractivity contribution >= 4 is 27.4 Å². The fourth-order valence-electron chi connectivity index (χ4n) is 5.02. The molecular formula is C26H33FN4S. The van der Waals surface area contributed by atoms with Crippen LogP contribution in [-0.2, 0) is 25.8 Å². The maximum absolute atomic E-state index is 13.2. The molecule has 32 heavy (non-hydrogen) atoms. The molecule has 1 aliphatic carbocycles. The maximum atomic E-state index is 13.2. The Kier molecular flexibility index (Phi) is 6.17. The van der Waals surface area contributed by atoms with E-state index in [1.54, 1.807) is 12.1 Å². The van der Waals surface area contributed by atoms with Crippen LogP contribution in [0.5, 0.6) is 0 Å². The van der Waals surface area contributed by atoms with Gasteiger partial charge in [0.1, 0.15) is 22.3 Å². The van der Waals surface area contributed by atoms with Crippen molar-refractivity contribution in [1.82, 2.24) is 14.9 Å². The van der Waals surface area contributed by atoms with Crippen molar-refractivity contribution in [2.45, 2.75) is 53.0 Å². The van der Waals surface area contributed by atoms with Gasteiger partial charge in [0, 0.05) is 44.0 Å². The van der Waals surface area contributed by atoms with Crippen LogP contribution in [0.3, 0.4) is 0 Å². The highest BCUT2D eigenvalue weighted by Crippen LogP contribution is 2.41. The molecule has 1 aliphatic heterocycles. The van der Waals surface area contributed by atoms with Crippen molar-refractivity contribution in [3.63, 3.8) is 0 Å². The Labute approximate surface area is 194 Å². The predicted octanol–water partition coefficient (Wildman–Crippen LogP) is 5.48. The van der Waals surface area contributed by atoms with Crippen LogP contribution in [0.25, 0.3) is 10.2 Å². The number of thiophene rings is 1. The smallest absolute Gasteiger partial charge is 0.141 e. The van der Waals surface area contributed by atoms with E-state index in [9.17, 15) is 4.39 Å². The second-order valence-electron chi connectivity index (χ2n) is 9.98. The highest BCUT2D eigenvalue weighted by Gasteiger charge is 2.27. The Morgan fingerprint density at radius 1 is 1.09 bits per heavy atom. The summed E-state index contributed by atoms with van der Waals surface area (Å²) in [7, 11) is 0. The van der Waals surface area contributed by atoms with Crippen LogP contribution in [0.4, 0.5) is 10.2 Å². The van der Waals surface area contributed by atoms with Crippen LogP contribution >= 0.6 is 11.3 Å². The first-order valence-electron chi connectivity index (χ1n) is 12.0. The number of benzene rings is 1. The lowest BCUT2D eigenvalue weighted by atomic mass is 9.89. The van der Waals surface area contributed by atoms with Gasteiger partial charge in [0.05, 0.1) is 5.39 Å². The van der Waals surface area contributed by atoms with Gasteiger partial charge < -0.3 is 4.90 Å². The van der Waals surface area contributed by atoms with E-state index < -0.39 is 0 Å². The maximum Gasteiger partial charge on any atom is 0.141 e. The first kappa shape index (κ1) is 21.8. The molecule has 0 N–H and O–H groups in total. The van der Waals surface area contributed by atoms with Crippen LogP contribution in [0.2, 0.25) is 0 Å². The summed E-state index contributed by atoms with van der Waals surface area (Å²) in [6.07, 6.45) is 4.52. The Morgan fingerprint density at radius 3 is 2.56 bits per heavy atom. The second kappa shape index (κ2) is 9.06. The average molecular weight is 453 g/mol. The van der Waals surface area contributed by atoms with Gasteiger partial charge in [0.25, 0.3) is 0 Å². The molecule has 2 aromatic heterocycles. The lowest BCUT2D eigenvalue weighted by molar-refractivity contribution is 0.249. The highest BCUT2D eigenvalue weighted by molar-refractivity contribution is 7.19.